The van der Waals surface area contributed by atoms with Gasteiger partial charge < -0.3 is 14.0 Å². The number of ether oxygens (including phenoxy) is 2. The quantitative estimate of drug-likeness (QED) is 0.244. The van der Waals surface area contributed by atoms with Crippen molar-refractivity contribution in [1.29, 1.82) is 0 Å². The summed E-state index contributed by atoms with van der Waals surface area (Å²) in [6.45, 7) is 10.3. The first-order valence-corrected chi connectivity index (χ1v) is 15.9. The standard InChI is InChI=1S/C25H35N5O7S2/c1-16(2)13-25(37-38(6)31,15-35-39(7,32)33)36-19-8-9-20-22(12-19)34-11-10-29-14-21(27-23(20)29)24-26-18(5)28-30(24)17(3)4/h8-9,12,14,16-17H,10-11,13,15H2,1-7H3. The first-order chi connectivity index (χ1) is 18.2. The largest absolute Gasteiger partial charge is 0.491 e. The van der Waals surface area contributed by atoms with E-state index in [0.29, 0.717) is 47.8 Å². The van der Waals surface area contributed by atoms with Crippen molar-refractivity contribution in [3.8, 4) is 34.4 Å². The predicted molar refractivity (Wildman–Crippen MR) is 146 cm³/mol. The molecule has 3 aromatic rings. The molecule has 0 fully saturated rings. The van der Waals surface area contributed by atoms with E-state index in [9.17, 15) is 12.6 Å². The number of imidazole rings is 1. The second kappa shape index (κ2) is 11.4. The number of fused-ring (bicyclic) bond motifs is 3. The lowest BCUT2D eigenvalue weighted by molar-refractivity contribution is -0.141. The van der Waals surface area contributed by atoms with Crippen LogP contribution in [0.1, 0.15) is 46.0 Å². The summed E-state index contributed by atoms with van der Waals surface area (Å²) in [4.78, 5) is 9.48. The Kier molecular flexibility index (Phi) is 8.50. The molecule has 2 aromatic heterocycles. The van der Waals surface area contributed by atoms with Gasteiger partial charge in [-0.15, -0.1) is 0 Å². The van der Waals surface area contributed by atoms with Gasteiger partial charge in [-0.25, -0.2) is 23.0 Å². The Bertz CT molecular complexity index is 1470. The minimum absolute atomic E-state index is 0.0104. The van der Waals surface area contributed by atoms with Gasteiger partial charge in [0, 0.05) is 31.0 Å². The van der Waals surface area contributed by atoms with Crippen molar-refractivity contribution in [2.75, 3.05) is 25.7 Å². The summed E-state index contributed by atoms with van der Waals surface area (Å²) in [5.74, 6) is 1.35. The molecule has 3 heterocycles. The summed E-state index contributed by atoms with van der Waals surface area (Å²) in [6, 6.07) is 5.34. The third-order valence-electron chi connectivity index (χ3n) is 5.80. The third kappa shape index (κ3) is 7.04. The maximum absolute atomic E-state index is 12.1. The third-order valence-corrected chi connectivity index (χ3v) is 6.89. The number of hydrogen-bond donors (Lipinski definition) is 0. The highest BCUT2D eigenvalue weighted by atomic mass is 32.2. The van der Waals surface area contributed by atoms with E-state index in [1.54, 1.807) is 12.1 Å². The van der Waals surface area contributed by atoms with E-state index in [0.717, 1.165) is 11.8 Å². The van der Waals surface area contributed by atoms with Gasteiger partial charge in [-0.3, -0.25) is 4.18 Å². The molecule has 39 heavy (non-hydrogen) atoms. The van der Waals surface area contributed by atoms with Gasteiger partial charge in [-0.2, -0.15) is 13.5 Å². The highest BCUT2D eigenvalue weighted by Crippen LogP contribution is 2.38. The van der Waals surface area contributed by atoms with Gasteiger partial charge in [-0.1, -0.05) is 13.8 Å². The normalized spacial score (nSPS) is 15.8. The van der Waals surface area contributed by atoms with Gasteiger partial charge in [0.1, 0.15) is 42.1 Å². The van der Waals surface area contributed by atoms with Crippen LogP contribution in [0.4, 0.5) is 0 Å². The van der Waals surface area contributed by atoms with Gasteiger partial charge in [0.05, 0.1) is 18.4 Å². The van der Waals surface area contributed by atoms with E-state index in [1.807, 2.05) is 56.1 Å². The molecule has 0 N–H and O–H groups in total. The van der Waals surface area contributed by atoms with Crippen molar-refractivity contribution >= 4 is 21.2 Å². The molecule has 0 amide bonds. The topological polar surface area (TPSA) is 137 Å². The van der Waals surface area contributed by atoms with Crippen LogP contribution >= 0.6 is 0 Å². The minimum Gasteiger partial charge on any atom is -0.491 e. The number of nitrogens with zero attached hydrogens (tertiary/aromatic N) is 5. The molecular formula is C25H35N5O7S2. The molecule has 0 aliphatic carbocycles. The zero-order chi connectivity index (χ0) is 28.5. The van der Waals surface area contributed by atoms with Crippen LogP contribution in [0, 0.1) is 12.8 Å². The summed E-state index contributed by atoms with van der Waals surface area (Å²) < 4.78 is 62.4. The van der Waals surface area contributed by atoms with Crippen LogP contribution in [0.25, 0.3) is 22.9 Å². The SMILES string of the molecule is Cc1nc(-c2cn3c(n2)-c2ccc(OC(COS(C)(=O)=O)(CC(C)C)OS(C)=O)cc2OCC3)n(C(C)C)n1. The van der Waals surface area contributed by atoms with Crippen LogP contribution in [-0.4, -0.2) is 68.5 Å². The van der Waals surface area contributed by atoms with Crippen molar-refractivity contribution < 1.29 is 30.5 Å². The molecule has 1 aliphatic heterocycles. The molecule has 14 heteroatoms. The van der Waals surface area contributed by atoms with Crippen LogP contribution in [0.3, 0.4) is 0 Å². The van der Waals surface area contributed by atoms with E-state index in [1.165, 1.54) is 6.26 Å². The molecule has 2 atom stereocenters. The molecule has 0 saturated heterocycles. The second-order valence-electron chi connectivity index (χ2n) is 10.2. The van der Waals surface area contributed by atoms with E-state index < -0.39 is 33.6 Å². The minimum atomic E-state index is -3.81. The highest BCUT2D eigenvalue weighted by molar-refractivity contribution is 7.86. The zero-order valence-corrected chi connectivity index (χ0v) is 24.8. The molecule has 0 saturated carbocycles. The summed E-state index contributed by atoms with van der Waals surface area (Å²) in [7, 11) is -3.81. The predicted octanol–water partition coefficient (Wildman–Crippen LogP) is 3.50. The Hall–Kier alpha value is -2.81. The van der Waals surface area contributed by atoms with Crippen LogP contribution < -0.4 is 9.47 Å². The Morgan fingerprint density at radius 2 is 1.92 bits per heavy atom. The van der Waals surface area contributed by atoms with E-state index in [4.69, 9.17) is 22.8 Å². The first kappa shape index (κ1) is 29.2. The number of rotatable bonds is 11. The summed E-state index contributed by atoms with van der Waals surface area (Å²) in [5.41, 5.74) is 1.46. The Balaban J connectivity index is 1.71. The lowest BCUT2D eigenvalue weighted by Gasteiger charge is -2.33. The lowest BCUT2D eigenvalue weighted by atomic mass is 10.0. The fourth-order valence-electron chi connectivity index (χ4n) is 4.45. The molecule has 0 radical (unpaired) electrons. The van der Waals surface area contributed by atoms with Gasteiger partial charge in [0.15, 0.2) is 16.9 Å². The van der Waals surface area contributed by atoms with Gasteiger partial charge in [0.2, 0.25) is 5.79 Å². The van der Waals surface area contributed by atoms with Crippen molar-refractivity contribution in [2.45, 2.75) is 59.4 Å². The molecule has 2 unspecified atom stereocenters. The first-order valence-electron chi connectivity index (χ1n) is 12.6. The molecule has 0 spiro atoms. The Morgan fingerprint density at radius 3 is 2.56 bits per heavy atom. The van der Waals surface area contributed by atoms with E-state index in [-0.39, 0.29) is 18.4 Å². The fourth-order valence-corrected chi connectivity index (χ4v) is 5.42. The molecule has 1 aliphatic rings. The van der Waals surface area contributed by atoms with Gasteiger partial charge >= 0.3 is 0 Å². The van der Waals surface area contributed by atoms with Crippen LogP contribution in [0.2, 0.25) is 0 Å². The van der Waals surface area contributed by atoms with Crippen LogP contribution in [0.15, 0.2) is 24.4 Å². The lowest BCUT2D eigenvalue weighted by Crippen LogP contribution is -2.46. The summed E-state index contributed by atoms with van der Waals surface area (Å²) in [6.07, 6.45) is 4.45. The van der Waals surface area contributed by atoms with Gasteiger partial charge in [0.25, 0.3) is 10.1 Å². The maximum atomic E-state index is 12.1. The monoisotopic (exact) mass is 581 g/mol. The molecule has 12 nitrogen and oxygen atoms in total. The summed E-state index contributed by atoms with van der Waals surface area (Å²) in [5, 5.41) is 4.51. The molecule has 0 bridgehead atoms. The van der Waals surface area contributed by atoms with Crippen molar-refractivity contribution in [2.24, 2.45) is 5.92 Å². The number of benzene rings is 1. The molecular weight excluding hydrogens is 546 g/mol. The Morgan fingerprint density at radius 1 is 1.18 bits per heavy atom. The molecule has 4 rings (SSSR count). The molecule has 1 aromatic carbocycles. The van der Waals surface area contributed by atoms with Gasteiger partial charge in [-0.05, 0) is 38.8 Å². The van der Waals surface area contributed by atoms with Crippen molar-refractivity contribution in [3.63, 3.8) is 0 Å². The Labute approximate surface area is 231 Å². The van der Waals surface area contributed by atoms with Crippen LogP contribution in [-0.2, 0) is 36.1 Å². The average Bonchev–Trinajstić information content (AvgIpc) is 3.36. The summed E-state index contributed by atoms with van der Waals surface area (Å²) >= 11 is -1.76. The maximum Gasteiger partial charge on any atom is 0.264 e. The average molecular weight is 582 g/mol. The number of aryl methyl sites for hydroxylation is 1. The fraction of sp³-hybridized carbons (Fsp3) is 0.560. The molecule has 214 valence electrons. The second-order valence-corrected chi connectivity index (χ2v) is 12.8. The zero-order valence-electron chi connectivity index (χ0n) is 23.2. The highest BCUT2D eigenvalue weighted by Gasteiger charge is 2.39. The van der Waals surface area contributed by atoms with Crippen LogP contribution in [0.5, 0.6) is 11.5 Å². The van der Waals surface area contributed by atoms with E-state index >= 15 is 0 Å². The van der Waals surface area contributed by atoms with Crippen molar-refractivity contribution in [1.82, 2.24) is 24.3 Å². The smallest absolute Gasteiger partial charge is 0.264 e. The number of aromatic nitrogens is 5. The number of hydrogen-bond acceptors (Lipinski definition) is 10. The van der Waals surface area contributed by atoms with Crippen molar-refractivity contribution in [3.05, 3.63) is 30.2 Å². The van der Waals surface area contributed by atoms with E-state index in [2.05, 4.69) is 10.1 Å².